The number of hydrogen-bond acceptors (Lipinski definition) is 5. The van der Waals surface area contributed by atoms with E-state index in [0.29, 0.717) is 27.9 Å². The molecule has 0 aliphatic heterocycles. The number of likely N-dealkylation sites (N-methyl/N-ethyl adjacent to an activating group) is 1. The number of amides is 2. The molecule has 0 bridgehead atoms. The van der Waals surface area contributed by atoms with Crippen LogP contribution in [0.25, 0.3) is 0 Å². The Hall–Kier alpha value is -3.27. The molecule has 11 heteroatoms. The molecule has 0 aliphatic carbocycles. The summed E-state index contributed by atoms with van der Waals surface area (Å²) in [5.41, 5.74) is 1.65. The third-order valence-corrected chi connectivity index (χ3v) is 7.73. The topological polar surface area (TPSA) is 96.0 Å². The van der Waals surface area contributed by atoms with E-state index in [-0.39, 0.29) is 24.6 Å². The first-order chi connectivity index (χ1) is 18.5. The molecule has 0 aliphatic rings. The molecule has 1 N–H and O–H groups in total. The second kappa shape index (κ2) is 13.7. The van der Waals surface area contributed by atoms with Crippen molar-refractivity contribution >= 4 is 50.7 Å². The van der Waals surface area contributed by atoms with Crippen molar-refractivity contribution in [2.45, 2.75) is 25.9 Å². The van der Waals surface area contributed by atoms with E-state index in [9.17, 15) is 18.0 Å². The van der Waals surface area contributed by atoms with Gasteiger partial charge >= 0.3 is 0 Å². The molecule has 0 spiro atoms. The monoisotopic (exact) mass is 591 g/mol. The van der Waals surface area contributed by atoms with Gasteiger partial charge in [0.25, 0.3) is 0 Å². The number of anilines is 1. The number of benzene rings is 3. The van der Waals surface area contributed by atoms with Crippen LogP contribution in [0.15, 0.2) is 72.8 Å². The van der Waals surface area contributed by atoms with E-state index < -0.39 is 28.5 Å². The van der Waals surface area contributed by atoms with E-state index in [0.717, 1.165) is 16.1 Å². The number of nitrogens with one attached hydrogen (secondary N) is 1. The molecule has 0 unspecified atom stereocenters. The van der Waals surface area contributed by atoms with Gasteiger partial charge < -0.3 is 15.0 Å². The molecular formula is C28H31Cl2N3O5S. The summed E-state index contributed by atoms with van der Waals surface area (Å²) in [4.78, 5) is 28.7. The fourth-order valence-electron chi connectivity index (χ4n) is 4.06. The number of hydrogen-bond donors (Lipinski definition) is 1. The molecule has 3 aromatic carbocycles. The van der Waals surface area contributed by atoms with Gasteiger partial charge in [-0.3, -0.25) is 13.9 Å². The first kappa shape index (κ1) is 30.3. The minimum absolute atomic E-state index is 0.0425. The number of sulfonamides is 1. The Kier molecular flexibility index (Phi) is 10.6. The van der Waals surface area contributed by atoms with Crippen molar-refractivity contribution in [1.29, 1.82) is 0 Å². The molecule has 1 atom stereocenters. The minimum atomic E-state index is -3.89. The largest absolute Gasteiger partial charge is 0.497 e. The summed E-state index contributed by atoms with van der Waals surface area (Å²) < 4.78 is 31.9. The second-order valence-corrected chi connectivity index (χ2v) is 11.6. The molecule has 3 rings (SSSR count). The molecule has 3 aromatic rings. The maximum absolute atomic E-state index is 14.0. The fraction of sp³-hybridized carbons (Fsp3) is 0.286. The van der Waals surface area contributed by atoms with Gasteiger partial charge in [-0.2, -0.15) is 0 Å². The number of nitrogens with zero attached hydrogens (tertiary/aromatic N) is 2. The molecule has 0 heterocycles. The summed E-state index contributed by atoms with van der Waals surface area (Å²) in [7, 11) is -2.42. The van der Waals surface area contributed by atoms with Gasteiger partial charge in [0.2, 0.25) is 21.8 Å². The van der Waals surface area contributed by atoms with Crippen LogP contribution in [0.1, 0.15) is 18.1 Å². The Morgan fingerprint density at radius 1 is 1.00 bits per heavy atom. The molecule has 0 fully saturated rings. The number of halogens is 2. The lowest BCUT2D eigenvalue weighted by atomic mass is 10.0. The number of rotatable bonds is 12. The van der Waals surface area contributed by atoms with Crippen LogP contribution in [0.4, 0.5) is 5.69 Å². The van der Waals surface area contributed by atoms with E-state index >= 15 is 0 Å². The van der Waals surface area contributed by atoms with Crippen LogP contribution in [0.2, 0.25) is 10.0 Å². The van der Waals surface area contributed by atoms with Crippen LogP contribution in [0, 0.1) is 0 Å². The molecular weight excluding hydrogens is 561 g/mol. The smallest absolute Gasteiger partial charge is 0.244 e. The summed E-state index contributed by atoms with van der Waals surface area (Å²) in [5, 5.41) is 3.55. The van der Waals surface area contributed by atoms with Gasteiger partial charge in [0, 0.05) is 35.6 Å². The van der Waals surface area contributed by atoms with Gasteiger partial charge in [0.05, 0.1) is 19.1 Å². The van der Waals surface area contributed by atoms with Crippen LogP contribution in [-0.2, 0) is 32.6 Å². The van der Waals surface area contributed by atoms with Crippen molar-refractivity contribution in [3.8, 4) is 5.75 Å². The summed E-state index contributed by atoms with van der Waals surface area (Å²) in [6, 6.07) is 19.6. The van der Waals surface area contributed by atoms with Crippen LogP contribution in [0.5, 0.6) is 5.75 Å². The highest BCUT2D eigenvalue weighted by Gasteiger charge is 2.33. The van der Waals surface area contributed by atoms with Crippen molar-refractivity contribution in [2.75, 3.05) is 30.8 Å². The summed E-state index contributed by atoms with van der Waals surface area (Å²) >= 11 is 12.5. The highest BCUT2D eigenvalue weighted by atomic mass is 35.5. The standard InChI is InChI=1S/C28H31Cl2N3O5S/c1-4-31-28(35)26(15-20-9-6-5-7-10-20)32(18-21-13-14-22(29)16-25(21)30)27(34)19-33(39(3,36)37)23-11-8-12-24(17-23)38-2/h5-14,16-17,26H,4,15,18-19H2,1-3H3,(H,31,35)/t26-/m0/s1. The number of methoxy groups -OCH3 is 1. The molecule has 0 saturated heterocycles. The van der Waals surface area contributed by atoms with Gasteiger partial charge in [-0.15, -0.1) is 0 Å². The van der Waals surface area contributed by atoms with E-state index in [1.54, 1.807) is 43.3 Å². The quantitative estimate of drug-likeness (QED) is 0.333. The molecule has 8 nitrogen and oxygen atoms in total. The molecule has 208 valence electrons. The maximum Gasteiger partial charge on any atom is 0.244 e. The van der Waals surface area contributed by atoms with Gasteiger partial charge in [-0.1, -0.05) is 65.7 Å². The van der Waals surface area contributed by atoms with Crippen LogP contribution in [-0.4, -0.2) is 57.6 Å². The Labute approximate surface area is 239 Å². The molecule has 39 heavy (non-hydrogen) atoms. The Morgan fingerprint density at radius 3 is 2.33 bits per heavy atom. The van der Waals surface area contributed by atoms with Gasteiger partial charge in [0.15, 0.2) is 0 Å². The zero-order valence-electron chi connectivity index (χ0n) is 21.9. The second-order valence-electron chi connectivity index (χ2n) is 8.83. The van der Waals surface area contributed by atoms with Crippen molar-refractivity contribution in [2.24, 2.45) is 0 Å². The summed E-state index contributed by atoms with van der Waals surface area (Å²) in [5.74, 6) is -0.517. The van der Waals surface area contributed by atoms with Crippen LogP contribution < -0.4 is 14.4 Å². The zero-order chi connectivity index (χ0) is 28.6. The maximum atomic E-state index is 14.0. The predicted octanol–water partition coefficient (Wildman–Crippen LogP) is 4.54. The van der Waals surface area contributed by atoms with E-state index in [1.165, 1.54) is 18.1 Å². The average Bonchev–Trinajstić information content (AvgIpc) is 2.90. The first-order valence-electron chi connectivity index (χ1n) is 12.2. The predicted molar refractivity (Wildman–Crippen MR) is 155 cm³/mol. The Morgan fingerprint density at radius 2 is 1.72 bits per heavy atom. The lowest BCUT2D eigenvalue weighted by Crippen LogP contribution is -2.53. The fourth-order valence-corrected chi connectivity index (χ4v) is 5.37. The van der Waals surface area contributed by atoms with Gasteiger partial charge in [0.1, 0.15) is 18.3 Å². The third-order valence-electron chi connectivity index (χ3n) is 6.00. The number of carbonyl (C=O) groups is 2. The van der Waals surface area contributed by atoms with Crippen molar-refractivity contribution < 1.29 is 22.7 Å². The van der Waals surface area contributed by atoms with Gasteiger partial charge in [-0.25, -0.2) is 8.42 Å². The van der Waals surface area contributed by atoms with E-state index in [2.05, 4.69) is 5.32 Å². The van der Waals surface area contributed by atoms with Crippen LogP contribution in [0.3, 0.4) is 0 Å². The zero-order valence-corrected chi connectivity index (χ0v) is 24.3. The Bertz CT molecular complexity index is 1400. The normalized spacial score (nSPS) is 11.9. The molecule has 2 amide bonds. The first-order valence-corrected chi connectivity index (χ1v) is 14.8. The highest BCUT2D eigenvalue weighted by molar-refractivity contribution is 7.92. The van der Waals surface area contributed by atoms with Crippen molar-refractivity contribution in [1.82, 2.24) is 10.2 Å². The number of carbonyl (C=O) groups excluding carboxylic acids is 2. The summed E-state index contributed by atoms with van der Waals surface area (Å²) in [6.07, 6.45) is 1.23. The van der Waals surface area contributed by atoms with Crippen LogP contribution >= 0.6 is 23.2 Å². The van der Waals surface area contributed by atoms with Gasteiger partial charge in [-0.05, 0) is 42.3 Å². The molecule has 0 saturated carbocycles. The van der Waals surface area contributed by atoms with E-state index in [1.807, 2.05) is 30.3 Å². The average molecular weight is 593 g/mol. The minimum Gasteiger partial charge on any atom is -0.497 e. The lowest BCUT2D eigenvalue weighted by Gasteiger charge is -2.33. The summed E-state index contributed by atoms with van der Waals surface area (Å²) in [6.45, 7) is 1.56. The SMILES string of the molecule is CCNC(=O)[C@H](Cc1ccccc1)N(Cc1ccc(Cl)cc1Cl)C(=O)CN(c1cccc(OC)c1)S(C)(=O)=O. The van der Waals surface area contributed by atoms with E-state index in [4.69, 9.17) is 27.9 Å². The highest BCUT2D eigenvalue weighted by Crippen LogP contribution is 2.26. The molecule has 0 radical (unpaired) electrons. The molecule has 0 aromatic heterocycles. The van der Waals surface area contributed by atoms with Crippen molar-refractivity contribution in [3.63, 3.8) is 0 Å². The lowest BCUT2D eigenvalue weighted by molar-refractivity contribution is -0.140. The van der Waals surface area contributed by atoms with Crippen molar-refractivity contribution in [3.05, 3.63) is 94.0 Å². The number of ether oxygens (including phenoxy) is 1. The Balaban J connectivity index is 2.07. The third kappa shape index (κ3) is 8.36.